The van der Waals surface area contributed by atoms with Gasteiger partial charge in [0.05, 0.1) is 24.7 Å². The molecule has 0 atom stereocenters. The van der Waals surface area contributed by atoms with Gasteiger partial charge in [0.1, 0.15) is 12.7 Å². The number of ether oxygens (including phenoxy) is 2. The number of carbonyl (C=O) groups is 2. The standard InChI is InChI=1S/C12H16N4O6/c1-2-22-10(17)8-15-7-9(16(19)20)11(13-15)12(18)14-3-5-21-6-4-14/h7H,2-6,8H2,1H3. The maximum absolute atomic E-state index is 12.3. The lowest BCUT2D eigenvalue weighted by Crippen LogP contribution is -2.41. The molecule has 0 aliphatic carbocycles. The van der Waals surface area contributed by atoms with Crippen LogP contribution < -0.4 is 0 Å². The molecular weight excluding hydrogens is 296 g/mol. The average molecular weight is 312 g/mol. The molecule has 0 N–H and O–H groups in total. The van der Waals surface area contributed by atoms with Gasteiger partial charge in [-0.05, 0) is 6.92 Å². The summed E-state index contributed by atoms with van der Waals surface area (Å²) >= 11 is 0. The van der Waals surface area contributed by atoms with Gasteiger partial charge in [0, 0.05) is 13.1 Å². The number of nitro groups is 1. The van der Waals surface area contributed by atoms with Gasteiger partial charge in [-0.15, -0.1) is 0 Å². The van der Waals surface area contributed by atoms with Gasteiger partial charge in [-0.25, -0.2) is 0 Å². The van der Waals surface area contributed by atoms with Gasteiger partial charge < -0.3 is 14.4 Å². The molecule has 2 heterocycles. The second-order valence-corrected chi connectivity index (χ2v) is 4.53. The second-order valence-electron chi connectivity index (χ2n) is 4.53. The van der Waals surface area contributed by atoms with Gasteiger partial charge >= 0.3 is 11.7 Å². The van der Waals surface area contributed by atoms with Crippen LogP contribution in [-0.2, 0) is 20.8 Å². The summed E-state index contributed by atoms with van der Waals surface area (Å²) in [6.07, 6.45) is 1.06. The fraction of sp³-hybridized carbons (Fsp3) is 0.583. The molecule has 10 heteroatoms. The highest BCUT2D eigenvalue weighted by atomic mass is 16.6. The summed E-state index contributed by atoms with van der Waals surface area (Å²) in [7, 11) is 0. The third-order valence-electron chi connectivity index (χ3n) is 3.04. The lowest BCUT2D eigenvalue weighted by atomic mass is 10.3. The van der Waals surface area contributed by atoms with Crippen LogP contribution in [0.1, 0.15) is 17.4 Å². The second kappa shape index (κ2) is 6.98. The lowest BCUT2D eigenvalue weighted by molar-refractivity contribution is -0.385. The van der Waals surface area contributed by atoms with E-state index >= 15 is 0 Å². The summed E-state index contributed by atoms with van der Waals surface area (Å²) in [5.74, 6) is -1.12. The summed E-state index contributed by atoms with van der Waals surface area (Å²) < 4.78 is 10.9. The first-order chi connectivity index (χ1) is 10.5. The van der Waals surface area contributed by atoms with Crippen molar-refractivity contribution in [2.75, 3.05) is 32.9 Å². The number of carbonyl (C=O) groups excluding carboxylic acids is 2. The molecule has 22 heavy (non-hydrogen) atoms. The Morgan fingerprint density at radius 1 is 1.45 bits per heavy atom. The third kappa shape index (κ3) is 3.58. The number of nitrogens with zero attached hydrogens (tertiary/aromatic N) is 4. The van der Waals surface area contributed by atoms with E-state index in [1.807, 2.05) is 0 Å². The van der Waals surface area contributed by atoms with E-state index in [2.05, 4.69) is 5.10 Å². The Labute approximate surface area is 125 Å². The summed E-state index contributed by atoms with van der Waals surface area (Å²) in [4.78, 5) is 35.6. The van der Waals surface area contributed by atoms with Crippen LogP contribution in [0.25, 0.3) is 0 Å². The first-order valence-corrected chi connectivity index (χ1v) is 6.77. The molecule has 0 spiro atoms. The van der Waals surface area contributed by atoms with E-state index in [1.165, 1.54) is 4.90 Å². The van der Waals surface area contributed by atoms with Crippen LogP contribution in [0, 0.1) is 10.1 Å². The Kier molecular flexibility index (Phi) is 5.04. The van der Waals surface area contributed by atoms with Crippen molar-refractivity contribution in [3.8, 4) is 0 Å². The minimum atomic E-state index is -0.692. The normalized spacial score (nSPS) is 14.7. The molecule has 10 nitrogen and oxygen atoms in total. The number of hydrogen-bond donors (Lipinski definition) is 0. The Morgan fingerprint density at radius 2 is 2.14 bits per heavy atom. The van der Waals surface area contributed by atoms with E-state index in [-0.39, 0.29) is 18.8 Å². The minimum absolute atomic E-state index is 0.196. The maximum atomic E-state index is 12.3. The number of hydrogen-bond acceptors (Lipinski definition) is 7. The predicted molar refractivity (Wildman–Crippen MR) is 72.2 cm³/mol. The molecule has 1 aliphatic heterocycles. The number of rotatable bonds is 5. The van der Waals surface area contributed by atoms with Crippen LogP contribution in [-0.4, -0.2) is 64.4 Å². The zero-order chi connectivity index (χ0) is 16.1. The molecule has 1 aromatic heterocycles. The summed E-state index contributed by atoms with van der Waals surface area (Å²) in [5, 5.41) is 14.9. The number of morpholine rings is 1. The Morgan fingerprint density at radius 3 is 2.73 bits per heavy atom. The average Bonchev–Trinajstić information content (AvgIpc) is 2.91. The number of amides is 1. The molecule has 1 amide bonds. The molecular formula is C12H16N4O6. The van der Waals surface area contributed by atoms with Gasteiger partial charge in [0.25, 0.3) is 5.91 Å². The van der Waals surface area contributed by atoms with Crippen molar-refractivity contribution in [1.82, 2.24) is 14.7 Å². The van der Waals surface area contributed by atoms with Crippen LogP contribution in [0.2, 0.25) is 0 Å². The van der Waals surface area contributed by atoms with Crippen molar-refractivity contribution in [1.29, 1.82) is 0 Å². The zero-order valence-corrected chi connectivity index (χ0v) is 12.1. The molecule has 1 aromatic rings. The third-order valence-corrected chi connectivity index (χ3v) is 3.04. The Balaban J connectivity index is 2.21. The Hall–Kier alpha value is -2.49. The van der Waals surface area contributed by atoms with Crippen LogP contribution >= 0.6 is 0 Å². The largest absolute Gasteiger partial charge is 0.465 e. The van der Waals surface area contributed by atoms with Crippen LogP contribution in [0.4, 0.5) is 5.69 Å². The molecule has 1 fully saturated rings. The SMILES string of the molecule is CCOC(=O)Cn1cc([N+](=O)[O-])c(C(=O)N2CCOCC2)n1. The van der Waals surface area contributed by atoms with Crippen molar-refractivity contribution in [3.05, 3.63) is 22.0 Å². The molecule has 1 aliphatic rings. The van der Waals surface area contributed by atoms with E-state index in [0.29, 0.717) is 26.3 Å². The molecule has 2 rings (SSSR count). The molecule has 0 radical (unpaired) electrons. The van der Waals surface area contributed by atoms with Crippen molar-refractivity contribution in [2.24, 2.45) is 0 Å². The topological polar surface area (TPSA) is 117 Å². The van der Waals surface area contributed by atoms with Gasteiger partial charge in [-0.3, -0.25) is 24.4 Å². The zero-order valence-electron chi connectivity index (χ0n) is 12.1. The van der Waals surface area contributed by atoms with Crippen LogP contribution in [0.15, 0.2) is 6.20 Å². The van der Waals surface area contributed by atoms with E-state index < -0.39 is 22.5 Å². The van der Waals surface area contributed by atoms with Gasteiger partial charge in [-0.2, -0.15) is 5.10 Å². The fourth-order valence-electron chi connectivity index (χ4n) is 2.03. The highest BCUT2D eigenvalue weighted by Gasteiger charge is 2.30. The molecule has 120 valence electrons. The van der Waals surface area contributed by atoms with Crippen molar-refractivity contribution < 1.29 is 24.0 Å². The van der Waals surface area contributed by atoms with Crippen molar-refractivity contribution >= 4 is 17.6 Å². The number of esters is 1. The molecule has 0 unspecified atom stereocenters. The minimum Gasteiger partial charge on any atom is -0.465 e. The first-order valence-electron chi connectivity index (χ1n) is 6.77. The predicted octanol–water partition coefficient (Wildman–Crippen LogP) is -0.173. The first kappa shape index (κ1) is 15.9. The van der Waals surface area contributed by atoms with Gasteiger partial charge in [0.15, 0.2) is 0 Å². The van der Waals surface area contributed by atoms with E-state index in [0.717, 1.165) is 10.9 Å². The van der Waals surface area contributed by atoms with E-state index in [4.69, 9.17) is 9.47 Å². The summed E-state index contributed by atoms with van der Waals surface area (Å²) in [6.45, 7) is 3.01. The smallest absolute Gasteiger partial charge is 0.327 e. The van der Waals surface area contributed by atoms with E-state index in [1.54, 1.807) is 6.92 Å². The lowest BCUT2D eigenvalue weighted by Gasteiger charge is -2.25. The highest BCUT2D eigenvalue weighted by Crippen LogP contribution is 2.19. The monoisotopic (exact) mass is 312 g/mol. The van der Waals surface area contributed by atoms with Gasteiger partial charge in [0.2, 0.25) is 5.69 Å². The Bertz CT molecular complexity index is 578. The number of aromatic nitrogens is 2. The van der Waals surface area contributed by atoms with Gasteiger partial charge in [-0.1, -0.05) is 0 Å². The molecule has 1 saturated heterocycles. The van der Waals surface area contributed by atoms with Crippen molar-refractivity contribution in [2.45, 2.75) is 13.5 Å². The quantitative estimate of drug-likeness (QED) is 0.421. The van der Waals surface area contributed by atoms with Crippen LogP contribution in [0.5, 0.6) is 0 Å². The summed E-state index contributed by atoms with van der Waals surface area (Å²) in [6, 6.07) is 0. The van der Waals surface area contributed by atoms with Crippen LogP contribution in [0.3, 0.4) is 0 Å². The van der Waals surface area contributed by atoms with Crippen molar-refractivity contribution in [3.63, 3.8) is 0 Å². The fourth-order valence-corrected chi connectivity index (χ4v) is 2.03. The molecule has 0 aromatic carbocycles. The highest BCUT2D eigenvalue weighted by molar-refractivity contribution is 5.96. The maximum Gasteiger partial charge on any atom is 0.327 e. The molecule has 0 saturated carbocycles. The molecule has 0 bridgehead atoms. The van der Waals surface area contributed by atoms with E-state index in [9.17, 15) is 19.7 Å². The summed E-state index contributed by atoms with van der Waals surface area (Å²) in [5.41, 5.74) is -0.711.